The average Bonchev–Trinajstić information content (AvgIpc) is 2.32. The lowest BCUT2D eigenvalue weighted by molar-refractivity contribution is 0.177. The van der Waals surface area contributed by atoms with Crippen molar-refractivity contribution in [3.05, 3.63) is 70.3 Å². The number of aryl methyl sites for hydroxylation is 3. The maximum absolute atomic E-state index is 10.5. The van der Waals surface area contributed by atoms with Gasteiger partial charge in [-0.2, -0.15) is 0 Å². The molecule has 0 aliphatic rings. The van der Waals surface area contributed by atoms with E-state index in [0.717, 1.165) is 16.7 Å². The molecule has 0 spiro atoms. The normalized spacial score (nSPS) is 12.4. The Labute approximate surface area is 109 Å². The molecule has 0 aliphatic carbocycles. The van der Waals surface area contributed by atoms with E-state index in [0.29, 0.717) is 6.42 Å². The van der Waals surface area contributed by atoms with Crippen LogP contribution in [0.2, 0.25) is 0 Å². The highest BCUT2D eigenvalue weighted by molar-refractivity contribution is 5.37. The Morgan fingerprint density at radius 1 is 0.833 bits per heavy atom. The number of benzene rings is 2. The van der Waals surface area contributed by atoms with Gasteiger partial charge < -0.3 is 5.11 Å². The van der Waals surface area contributed by atoms with Gasteiger partial charge in [-0.3, -0.25) is 0 Å². The van der Waals surface area contributed by atoms with Crippen LogP contribution in [-0.4, -0.2) is 5.11 Å². The molecule has 0 saturated heterocycles. The average molecular weight is 240 g/mol. The summed E-state index contributed by atoms with van der Waals surface area (Å²) in [6.45, 7) is 6.21. The lowest BCUT2D eigenvalue weighted by Crippen LogP contribution is -2.07. The molecule has 0 radical (unpaired) electrons. The van der Waals surface area contributed by atoms with Crippen LogP contribution < -0.4 is 0 Å². The van der Waals surface area contributed by atoms with E-state index in [1.165, 1.54) is 11.1 Å². The van der Waals surface area contributed by atoms with Crippen molar-refractivity contribution in [3.8, 4) is 0 Å². The summed E-state index contributed by atoms with van der Waals surface area (Å²) < 4.78 is 0. The summed E-state index contributed by atoms with van der Waals surface area (Å²) in [5, 5.41) is 10.5. The largest absolute Gasteiger partial charge is 0.388 e. The van der Waals surface area contributed by atoms with Crippen molar-refractivity contribution in [2.24, 2.45) is 0 Å². The van der Waals surface area contributed by atoms with Gasteiger partial charge in [0.2, 0.25) is 0 Å². The van der Waals surface area contributed by atoms with E-state index in [9.17, 15) is 5.11 Å². The first kappa shape index (κ1) is 12.8. The summed E-state index contributed by atoms with van der Waals surface area (Å²) in [4.78, 5) is 0. The molecule has 0 bridgehead atoms. The first-order valence-electron chi connectivity index (χ1n) is 6.38. The molecular weight excluding hydrogens is 220 g/mol. The van der Waals surface area contributed by atoms with E-state index in [1.54, 1.807) is 0 Å². The van der Waals surface area contributed by atoms with Crippen LogP contribution >= 0.6 is 0 Å². The number of aliphatic hydroxyl groups is 1. The second kappa shape index (κ2) is 5.36. The molecular formula is C17H20O. The van der Waals surface area contributed by atoms with E-state index < -0.39 is 6.10 Å². The molecule has 1 atom stereocenters. The summed E-state index contributed by atoms with van der Waals surface area (Å²) in [5.74, 6) is 0. The summed E-state index contributed by atoms with van der Waals surface area (Å²) in [5.41, 5.74) is 5.85. The third kappa shape index (κ3) is 2.62. The van der Waals surface area contributed by atoms with Crippen LogP contribution in [0, 0.1) is 20.8 Å². The van der Waals surface area contributed by atoms with E-state index in [2.05, 4.69) is 45.0 Å². The molecule has 1 nitrogen and oxygen atoms in total. The summed E-state index contributed by atoms with van der Waals surface area (Å²) in [6.07, 6.45) is 0.255. The predicted molar refractivity (Wildman–Crippen MR) is 75.8 cm³/mol. The zero-order chi connectivity index (χ0) is 13.1. The molecule has 2 aromatic carbocycles. The molecule has 0 heterocycles. The van der Waals surface area contributed by atoms with Crippen molar-refractivity contribution in [1.82, 2.24) is 0 Å². The maximum Gasteiger partial charge on any atom is 0.0835 e. The molecule has 2 aromatic rings. The molecule has 0 saturated carbocycles. The van der Waals surface area contributed by atoms with Crippen molar-refractivity contribution >= 4 is 0 Å². The van der Waals surface area contributed by atoms with Gasteiger partial charge >= 0.3 is 0 Å². The minimum Gasteiger partial charge on any atom is -0.388 e. The lowest BCUT2D eigenvalue weighted by atomic mass is 9.92. The fraction of sp³-hybridized carbons (Fsp3) is 0.294. The van der Waals surface area contributed by atoms with Crippen molar-refractivity contribution < 1.29 is 5.11 Å². The number of hydrogen-bond donors (Lipinski definition) is 1. The van der Waals surface area contributed by atoms with Gasteiger partial charge in [0.1, 0.15) is 0 Å². The fourth-order valence-corrected chi connectivity index (χ4v) is 2.50. The molecule has 1 unspecified atom stereocenters. The molecule has 0 amide bonds. The van der Waals surface area contributed by atoms with Crippen LogP contribution in [0.1, 0.15) is 33.9 Å². The summed E-state index contributed by atoms with van der Waals surface area (Å²) in [6, 6.07) is 14.4. The zero-order valence-electron chi connectivity index (χ0n) is 11.3. The summed E-state index contributed by atoms with van der Waals surface area (Å²) in [7, 11) is 0. The number of aliphatic hydroxyl groups excluding tert-OH is 1. The van der Waals surface area contributed by atoms with Gasteiger partial charge in [-0.15, -0.1) is 0 Å². The van der Waals surface area contributed by atoms with E-state index in [1.807, 2.05) is 18.2 Å². The third-order valence-corrected chi connectivity index (χ3v) is 3.55. The number of rotatable bonds is 3. The zero-order valence-corrected chi connectivity index (χ0v) is 11.3. The van der Waals surface area contributed by atoms with E-state index in [4.69, 9.17) is 0 Å². The highest BCUT2D eigenvalue weighted by atomic mass is 16.3. The van der Waals surface area contributed by atoms with Gasteiger partial charge in [0.05, 0.1) is 6.10 Å². The highest BCUT2D eigenvalue weighted by Gasteiger charge is 2.14. The standard InChI is InChI=1S/C17H20O/c1-12-7-4-5-10-15(12)11-16(18)17-13(2)8-6-9-14(17)3/h4-10,16,18H,11H2,1-3H3. The molecule has 0 aromatic heterocycles. The minimum atomic E-state index is -0.424. The minimum absolute atomic E-state index is 0.424. The molecule has 0 fully saturated rings. The monoisotopic (exact) mass is 240 g/mol. The Morgan fingerprint density at radius 3 is 2.00 bits per heavy atom. The van der Waals surface area contributed by atoms with Gasteiger partial charge in [-0.1, -0.05) is 42.5 Å². The van der Waals surface area contributed by atoms with Crippen molar-refractivity contribution in [3.63, 3.8) is 0 Å². The first-order chi connectivity index (χ1) is 8.59. The Kier molecular flexibility index (Phi) is 3.83. The molecule has 18 heavy (non-hydrogen) atoms. The third-order valence-electron chi connectivity index (χ3n) is 3.55. The number of hydrogen-bond acceptors (Lipinski definition) is 1. The Bertz CT molecular complexity index is 523. The molecule has 0 aliphatic heterocycles. The second-order valence-corrected chi connectivity index (χ2v) is 4.95. The molecule has 2 rings (SSSR count). The van der Waals surface area contributed by atoms with Gasteiger partial charge in [-0.25, -0.2) is 0 Å². The second-order valence-electron chi connectivity index (χ2n) is 4.95. The Hall–Kier alpha value is -1.60. The fourth-order valence-electron chi connectivity index (χ4n) is 2.50. The SMILES string of the molecule is Cc1ccccc1CC(O)c1c(C)cccc1C. The van der Waals surface area contributed by atoms with Crippen LogP contribution in [0.4, 0.5) is 0 Å². The molecule has 1 heteroatoms. The maximum atomic E-state index is 10.5. The van der Waals surface area contributed by atoms with Gasteiger partial charge in [0.25, 0.3) is 0 Å². The van der Waals surface area contributed by atoms with E-state index >= 15 is 0 Å². The van der Waals surface area contributed by atoms with Crippen LogP contribution in [0.5, 0.6) is 0 Å². The molecule has 1 N–H and O–H groups in total. The summed E-state index contributed by atoms with van der Waals surface area (Å²) >= 11 is 0. The van der Waals surface area contributed by atoms with Crippen LogP contribution in [0.25, 0.3) is 0 Å². The van der Waals surface area contributed by atoms with Gasteiger partial charge in [0, 0.05) is 6.42 Å². The quantitative estimate of drug-likeness (QED) is 0.863. The Balaban J connectivity index is 2.28. The van der Waals surface area contributed by atoms with Crippen LogP contribution in [0.3, 0.4) is 0 Å². The predicted octanol–water partition coefficient (Wildman–Crippen LogP) is 3.89. The first-order valence-corrected chi connectivity index (χ1v) is 6.38. The topological polar surface area (TPSA) is 20.2 Å². The van der Waals surface area contributed by atoms with Gasteiger partial charge in [-0.05, 0) is 48.6 Å². The van der Waals surface area contributed by atoms with Crippen LogP contribution in [-0.2, 0) is 6.42 Å². The van der Waals surface area contributed by atoms with Crippen molar-refractivity contribution in [2.75, 3.05) is 0 Å². The van der Waals surface area contributed by atoms with Crippen LogP contribution in [0.15, 0.2) is 42.5 Å². The Morgan fingerprint density at radius 2 is 1.39 bits per heavy atom. The lowest BCUT2D eigenvalue weighted by Gasteiger charge is -2.17. The van der Waals surface area contributed by atoms with E-state index in [-0.39, 0.29) is 0 Å². The van der Waals surface area contributed by atoms with Gasteiger partial charge in [0.15, 0.2) is 0 Å². The van der Waals surface area contributed by atoms with Crippen molar-refractivity contribution in [1.29, 1.82) is 0 Å². The highest BCUT2D eigenvalue weighted by Crippen LogP contribution is 2.25. The van der Waals surface area contributed by atoms with Crippen molar-refractivity contribution in [2.45, 2.75) is 33.3 Å². The molecule has 94 valence electrons. The smallest absolute Gasteiger partial charge is 0.0835 e.